The molecule has 2 heterocycles. The van der Waals surface area contributed by atoms with E-state index in [2.05, 4.69) is 57.8 Å². The SMILES string of the molecule is CCCCc1ccc(-c2ccc(C(=O)NC[C@@H](C)C(=O)N[C@@H](CCCCN)C(=O)N(C)[C@@H]3C(=O)N[C@@H](N)C(=O)N[C@H](C(=O)N[C@@H](N)C(=O)N4CCC[C@H]4C(N)=O)Cc4ccc(O)c(c4)-c4cc3ccc4O)cc2)cc1. The van der Waals surface area contributed by atoms with Gasteiger partial charge in [0.05, 0.1) is 5.92 Å². The van der Waals surface area contributed by atoms with Gasteiger partial charge in [0.2, 0.25) is 29.5 Å². The predicted molar refractivity (Wildman–Crippen MR) is 279 cm³/mol. The van der Waals surface area contributed by atoms with E-state index in [-0.39, 0.29) is 60.7 Å². The highest BCUT2D eigenvalue weighted by molar-refractivity contribution is 5.98. The number of hydrogen-bond donors (Lipinski definition) is 11. The van der Waals surface area contributed by atoms with Gasteiger partial charge in [0.25, 0.3) is 17.7 Å². The minimum atomic E-state index is -1.84. The van der Waals surface area contributed by atoms with Crippen LogP contribution in [0.1, 0.15) is 91.9 Å². The van der Waals surface area contributed by atoms with Gasteiger partial charge in [0.15, 0.2) is 12.3 Å². The number of carbonyl (C=O) groups is 8. The number of likely N-dealkylation sites (N-methyl/N-ethyl adjacent to an activating group) is 1. The summed E-state index contributed by atoms with van der Waals surface area (Å²) in [6, 6.07) is 18.4. The number of phenols is 2. The van der Waals surface area contributed by atoms with Gasteiger partial charge in [0, 0.05) is 43.2 Å². The molecule has 0 radical (unpaired) electrons. The van der Waals surface area contributed by atoms with E-state index in [1.807, 2.05) is 12.1 Å². The van der Waals surface area contributed by atoms with Crippen molar-refractivity contribution in [2.24, 2.45) is 28.9 Å². The molecule has 4 aromatic rings. The highest BCUT2D eigenvalue weighted by atomic mass is 16.3. The minimum Gasteiger partial charge on any atom is -0.507 e. The van der Waals surface area contributed by atoms with Crippen LogP contribution < -0.4 is 49.5 Å². The fraction of sp³-hybridized carbons (Fsp3) is 0.407. The number of nitrogens with one attached hydrogen (secondary N) is 5. The van der Waals surface area contributed by atoms with Crippen molar-refractivity contribution in [2.75, 3.05) is 26.7 Å². The molecule has 15 N–H and O–H groups in total. The Kier molecular flexibility index (Phi) is 19.5. The van der Waals surface area contributed by atoms with Gasteiger partial charge in [-0.05, 0) is 116 Å². The van der Waals surface area contributed by atoms with E-state index in [9.17, 15) is 48.6 Å². The van der Waals surface area contributed by atoms with Crippen molar-refractivity contribution in [3.63, 3.8) is 0 Å². The van der Waals surface area contributed by atoms with Gasteiger partial charge < -0.3 is 69.5 Å². The largest absolute Gasteiger partial charge is 0.507 e. The van der Waals surface area contributed by atoms with Crippen LogP contribution in [0, 0.1) is 5.92 Å². The normalized spacial score (nSPS) is 18.8. The number of hydrogen-bond acceptors (Lipinski definition) is 13. The van der Waals surface area contributed by atoms with Crippen LogP contribution in [0.3, 0.4) is 0 Å². The molecule has 2 aliphatic rings. The molecule has 0 aliphatic carbocycles. The van der Waals surface area contributed by atoms with E-state index in [1.165, 1.54) is 53.9 Å². The number of nitrogens with two attached hydrogens (primary N) is 4. The van der Waals surface area contributed by atoms with Gasteiger partial charge in [-0.3, -0.25) is 38.4 Å². The first-order chi connectivity index (χ1) is 35.8. The molecule has 4 bridgehead atoms. The smallest absolute Gasteiger partial charge is 0.260 e. The quantitative estimate of drug-likeness (QED) is 0.0466. The molecule has 6 rings (SSSR count). The van der Waals surface area contributed by atoms with E-state index in [1.54, 1.807) is 19.1 Å². The van der Waals surface area contributed by atoms with Crippen LogP contribution >= 0.6 is 0 Å². The molecule has 1 fully saturated rings. The summed E-state index contributed by atoms with van der Waals surface area (Å²) in [4.78, 5) is 111. The summed E-state index contributed by atoms with van der Waals surface area (Å²) in [5, 5.41) is 35.2. The summed E-state index contributed by atoms with van der Waals surface area (Å²) in [5.41, 5.74) is 27.8. The molecule has 0 aromatic heterocycles. The maximum absolute atomic E-state index is 14.7. The standard InChI is InChI=1S/C54H69N11O10/c1-4-5-9-31-12-15-33(16-13-31)34-17-19-35(20-18-34)49(70)59-29-30(2)48(69)60-39(10-6-7-24-55)53(74)64(3)44-36-21-23-43(67)38(28-36)37-26-32(14-22-42(37)66)27-40(61-52(73)45(56)62-51(44)72)50(71)63-46(57)54(75)65-25-8-11-41(65)47(58)68/h12-23,26,28,30,39-41,44-46,66-67H,4-11,24-25,27,29,55-57H2,1-3H3,(H2,58,68)(H,59,70)(H,60,69)(H,61,73)(H,62,72)(H,63,71)/t30-,39+,40+,41+,44+,45-,46-/m1/s1. The van der Waals surface area contributed by atoms with Crippen LogP contribution in [0.5, 0.6) is 11.5 Å². The van der Waals surface area contributed by atoms with Gasteiger partial charge in [-0.25, -0.2) is 0 Å². The summed E-state index contributed by atoms with van der Waals surface area (Å²) >= 11 is 0. The molecule has 400 valence electrons. The maximum atomic E-state index is 14.7. The topological polar surface area (TPSA) is 348 Å². The van der Waals surface area contributed by atoms with Crippen molar-refractivity contribution < 1.29 is 48.6 Å². The molecule has 21 heteroatoms. The van der Waals surface area contributed by atoms with Crippen LogP contribution in [0.2, 0.25) is 0 Å². The Hall–Kier alpha value is -7.88. The molecule has 0 spiro atoms. The van der Waals surface area contributed by atoms with Crippen molar-refractivity contribution in [1.29, 1.82) is 0 Å². The second kappa shape index (κ2) is 25.9. The second-order valence-electron chi connectivity index (χ2n) is 19.1. The van der Waals surface area contributed by atoms with E-state index in [0.717, 1.165) is 35.3 Å². The summed E-state index contributed by atoms with van der Waals surface area (Å²) in [6.07, 6.45) is 1.25. The Labute approximate surface area is 435 Å². The van der Waals surface area contributed by atoms with Crippen molar-refractivity contribution in [2.45, 2.75) is 108 Å². The van der Waals surface area contributed by atoms with Gasteiger partial charge >= 0.3 is 0 Å². The first-order valence-corrected chi connectivity index (χ1v) is 25.2. The monoisotopic (exact) mass is 1030 g/mol. The zero-order chi connectivity index (χ0) is 54.5. The van der Waals surface area contributed by atoms with Crippen LogP contribution in [0.15, 0.2) is 84.9 Å². The number of unbranched alkanes of at least 4 members (excludes halogenated alkanes) is 2. The number of phenolic OH excluding ortho intramolecular Hbond substituents is 2. The number of benzene rings is 4. The van der Waals surface area contributed by atoms with Crippen LogP contribution in [0.4, 0.5) is 0 Å². The molecular formula is C54H69N11O10. The molecule has 8 amide bonds. The van der Waals surface area contributed by atoms with E-state index >= 15 is 0 Å². The van der Waals surface area contributed by atoms with Gasteiger partial charge in [0.1, 0.15) is 35.7 Å². The third-order valence-electron chi connectivity index (χ3n) is 13.6. The second-order valence-corrected chi connectivity index (χ2v) is 19.1. The average molecular weight is 1030 g/mol. The molecular weight excluding hydrogens is 963 g/mol. The minimum absolute atomic E-state index is 0.0196. The molecule has 0 saturated carbocycles. The Morgan fingerprint density at radius 3 is 2.15 bits per heavy atom. The Bertz CT molecular complexity index is 2740. The number of aromatic hydroxyl groups is 2. The van der Waals surface area contributed by atoms with Crippen molar-refractivity contribution in [3.05, 3.63) is 107 Å². The Morgan fingerprint density at radius 2 is 1.49 bits per heavy atom. The lowest BCUT2D eigenvalue weighted by atomic mass is 9.93. The van der Waals surface area contributed by atoms with Crippen molar-refractivity contribution in [3.8, 4) is 33.8 Å². The highest BCUT2D eigenvalue weighted by Crippen LogP contribution is 2.39. The number of amides is 8. The Balaban J connectivity index is 1.20. The highest BCUT2D eigenvalue weighted by Gasteiger charge is 2.39. The van der Waals surface area contributed by atoms with Crippen molar-refractivity contribution >= 4 is 47.3 Å². The molecule has 21 nitrogen and oxygen atoms in total. The maximum Gasteiger partial charge on any atom is 0.260 e. The van der Waals surface area contributed by atoms with Crippen LogP contribution in [-0.4, -0.2) is 124 Å². The summed E-state index contributed by atoms with van der Waals surface area (Å²) in [5.74, 6) is -7.69. The Morgan fingerprint density at radius 1 is 0.840 bits per heavy atom. The summed E-state index contributed by atoms with van der Waals surface area (Å²) in [7, 11) is 1.31. The zero-order valence-electron chi connectivity index (χ0n) is 42.5. The number of primary amides is 1. The lowest BCUT2D eigenvalue weighted by molar-refractivity contribution is -0.143. The number of carbonyl (C=O) groups excluding carboxylic acids is 8. The first kappa shape index (κ1) is 56.4. The summed E-state index contributed by atoms with van der Waals surface area (Å²) in [6.45, 7) is 4.13. The predicted octanol–water partition coefficient (Wildman–Crippen LogP) is 1.27. The van der Waals surface area contributed by atoms with Gasteiger partial charge in [-0.15, -0.1) is 0 Å². The zero-order valence-corrected chi connectivity index (χ0v) is 42.5. The third kappa shape index (κ3) is 14.2. The molecule has 0 unspecified atom stereocenters. The third-order valence-corrected chi connectivity index (χ3v) is 13.6. The number of rotatable bonds is 19. The first-order valence-electron chi connectivity index (χ1n) is 25.2. The fourth-order valence-electron chi connectivity index (χ4n) is 9.18. The van der Waals surface area contributed by atoms with E-state index in [4.69, 9.17) is 22.9 Å². The average Bonchev–Trinajstić information content (AvgIpc) is 3.90. The lowest BCUT2D eigenvalue weighted by Crippen LogP contribution is -2.62. The number of fused-ring (bicyclic) bond motifs is 5. The molecule has 2 aliphatic heterocycles. The van der Waals surface area contributed by atoms with Gasteiger partial charge in [-0.2, -0.15) is 0 Å². The van der Waals surface area contributed by atoms with E-state index in [0.29, 0.717) is 36.8 Å². The molecule has 75 heavy (non-hydrogen) atoms. The molecule has 7 atom stereocenters. The number of nitrogens with zero attached hydrogens (tertiary/aromatic N) is 2. The van der Waals surface area contributed by atoms with Crippen LogP contribution in [-0.2, 0) is 46.4 Å². The number of likely N-dealkylation sites (tertiary alicyclic amines) is 1. The number of aryl methyl sites for hydroxylation is 1. The molecule has 4 aromatic carbocycles. The fourth-order valence-corrected chi connectivity index (χ4v) is 9.18. The lowest BCUT2D eigenvalue weighted by Gasteiger charge is -2.33. The van der Waals surface area contributed by atoms with E-state index < -0.39 is 89.7 Å². The summed E-state index contributed by atoms with van der Waals surface area (Å²) < 4.78 is 0. The van der Waals surface area contributed by atoms with Crippen LogP contribution in [0.25, 0.3) is 22.3 Å². The molecule has 1 saturated heterocycles. The van der Waals surface area contributed by atoms with Gasteiger partial charge in [-0.1, -0.05) is 68.8 Å². The van der Waals surface area contributed by atoms with Crippen molar-refractivity contribution in [1.82, 2.24) is 36.4 Å².